The van der Waals surface area contributed by atoms with Crippen molar-refractivity contribution in [1.29, 1.82) is 0 Å². The molecular formula is C12H16O2. The Balaban J connectivity index is 0.000000165. The third kappa shape index (κ3) is 1.61. The first-order valence-corrected chi connectivity index (χ1v) is 5.23. The standard InChI is InChI=1S/C10H12.C2H4O2/c1-2-9-7-4-5-8(6-7)10(9)3-1;1-2(3)4/h1-2,4-5,7-10H,3,6H2;1H3,(H,3,4). The maximum Gasteiger partial charge on any atom is 0.300 e. The molecule has 0 saturated heterocycles. The monoisotopic (exact) mass is 192 g/mol. The quantitative estimate of drug-likeness (QED) is 0.599. The second kappa shape index (κ2) is 3.60. The number of aliphatic carboxylic acids is 1. The maximum absolute atomic E-state index is 9.00. The van der Waals surface area contributed by atoms with E-state index in [1.54, 1.807) is 0 Å². The summed E-state index contributed by atoms with van der Waals surface area (Å²) in [5.74, 6) is 2.99. The first-order chi connectivity index (χ1) is 6.68. The lowest BCUT2D eigenvalue weighted by atomic mass is 9.86. The van der Waals surface area contributed by atoms with Crippen LogP contribution in [0.1, 0.15) is 19.8 Å². The summed E-state index contributed by atoms with van der Waals surface area (Å²) in [5, 5.41) is 7.42. The van der Waals surface area contributed by atoms with E-state index in [-0.39, 0.29) is 0 Å². The number of allylic oxidation sites excluding steroid dienone is 4. The summed E-state index contributed by atoms with van der Waals surface area (Å²) in [6.07, 6.45) is 12.5. The summed E-state index contributed by atoms with van der Waals surface area (Å²) < 4.78 is 0. The van der Waals surface area contributed by atoms with Gasteiger partial charge < -0.3 is 5.11 Å². The lowest BCUT2D eigenvalue weighted by molar-refractivity contribution is -0.134. The summed E-state index contributed by atoms with van der Waals surface area (Å²) in [4.78, 5) is 9.00. The zero-order chi connectivity index (χ0) is 10.1. The summed E-state index contributed by atoms with van der Waals surface area (Å²) >= 11 is 0. The number of hydrogen-bond donors (Lipinski definition) is 1. The van der Waals surface area contributed by atoms with Gasteiger partial charge in [-0.1, -0.05) is 24.3 Å². The van der Waals surface area contributed by atoms with Crippen LogP contribution in [0.5, 0.6) is 0 Å². The van der Waals surface area contributed by atoms with Crippen LogP contribution in [0.4, 0.5) is 0 Å². The smallest absolute Gasteiger partial charge is 0.300 e. The summed E-state index contributed by atoms with van der Waals surface area (Å²) in [6, 6.07) is 0. The van der Waals surface area contributed by atoms with Crippen LogP contribution >= 0.6 is 0 Å². The predicted molar refractivity (Wildman–Crippen MR) is 54.8 cm³/mol. The number of rotatable bonds is 0. The molecule has 0 radical (unpaired) electrons. The lowest BCUT2D eigenvalue weighted by Crippen LogP contribution is -2.12. The highest BCUT2D eigenvalue weighted by Gasteiger charge is 2.44. The van der Waals surface area contributed by atoms with Crippen molar-refractivity contribution in [2.45, 2.75) is 19.8 Å². The minimum atomic E-state index is -0.833. The van der Waals surface area contributed by atoms with Gasteiger partial charge in [0.25, 0.3) is 5.97 Å². The van der Waals surface area contributed by atoms with E-state index >= 15 is 0 Å². The Morgan fingerprint density at radius 1 is 1.29 bits per heavy atom. The second-order valence-corrected chi connectivity index (χ2v) is 4.37. The fourth-order valence-corrected chi connectivity index (χ4v) is 2.97. The Morgan fingerprint density at radius 2 is 1.93 bits per heavy atom. The fraction of sp³-hybridized carbons (Fsp3) is 0.583. The van der Waals surface area contributed by atoms with E-state index in [0.29, 0.717) is 0 Å². The van der Waals surface area contributed by atoms with E-state index in [1.165, 1.54) is 12.8 Å². The molecule has 0 aromatic rings. The van der Waals surface area contributed by atoms with Gasteiger partial charge in [0.1, 0.15) is 0 Å². The van der Waals surface area contributed by atoms with Crippen LogP contribution in [-0.2, 0) is 4.79 Å². The van der Waals surface area contributed by atoms with Gasteiger partial charge in [-0.15, -0.1) is 0 Å². The number of carboxylic acids is 1. The van der Waals surface area contributed by atoms with Crippen molar-refractivity contribution in [3.63, 3.8) is 0 Å². The van der Waals surface area contributed by atoms with Crippen LogP contribution in [0.15, 0.2) is 24.3 Å². The van der Waals surface area contributed by atoms with Crippen LogP contribution in [0, 0.1) is 23.7 Å². The van der Waals surface area contributed by atoms with Crippen molar-refractivity contribution in [2.24, 2.45) is 23.7 Å². The Bertz CT molecular complexity index is 287. The number of fused-ring (bicyclic) bond motifs is 5. The molecule has 0 heterocycles. The molecule has 0 spiro atoms. The normalized spacial score (nSPS) is 40.6. The third-order valence-electron chi connectivity index (χ3n) is 3.46. The van der Waals surface area contributed by atoms with Crippen LogP contribution in [0.25, 0.3) is 0 Å². The highest BCUT2D eigenvalue weighted by Crippen LogP contribution is 2.52. The molecule has 4 unspecified atom stereocenters. The largest absolute Gasteiger partial charge is 0.481 e. The van der Waals surface area contributed by atoms with Crippen molar-refractivity contribution < 1.29 is 9.90 Å². The molecule has 14 heavy (non-hydrogen) atoms. The summed E-state index contributed by atoms with van der Waals surface area (Å²) in [7, 11) is 0. The topological polar surface area (TPSA) is 37.3 Å². The van der Waals surface area contributed by atoms with Gasteiger partial charge in [-0.3, -0.25) is 4.79 Å². The summed E-state index contributed by atoms with van der Waals surface area (Å²) in [5.41, 5.74) is 0. The molecule has 0 aromatic carbocycles. The minimum absolute atomic E-state index is 0.833. The van der Waals surface area contributed by atoms with E-state index in [1.807, 2.05) is 0 Å². The highest BCUT2D eigenvalue weighted by atomic mass is 16.4. The molecule has 1 saturated carbocycles. The SMILES string of the molecule is C1=CC2C3C=CC(C3)C2C1.CC(=O)O. The van der Waals surface area contributed by atoms with E-state index in [9.17, 15) is 0 Å². The molecule has 2 bridgehead atoms. The average Bonchev–Trinajstić information content (AvgIpc) is 2.76. The highest BCUT2D eigenvalue weighted by molar-refractivity contribution is 5.62. The molecule has 76 valence electrons. The van der Waals surface area contributed by atoms with Crippen molar-refractivity contribution in [3.8, 4) is 0 Å². The molecule has 0 amide bonds. The van der Waals surface area contributed by atoms with Gasteiger partial charge in [-0.25, -0.2) is 0 Å². The van der Waals surface area contributed by atoms with E-state index < -0.39 is 5.97 Å². The third-order valence-corrected chi connectivity index (χ3v) is 3.46. The predicted octanol–water partition coefficient (Wildman–Crippen LogP) is 2.48. The molecule has 0 aromatic heterocycles. The Hall–Kier alpha value is -1.05. The zero-order valence-electron chi connectivity index (χ0n) is 8.39. The molecule has 1 N–H and O–H groups in total. The van der Waals surface area contributed by atoms with Crippen molar-refractivity contribution >= 4 is 5.97 Å². The number of carboxylic acid groups (broad SMARTS) is 1. The van der Waals surface area contributed by atoms with E-state index in [4.69, 9.17) is 9.90 Å². The molecule has 2 heteroatoms. The minimum Gasteiger partial charge on any atom is -0.481 e. The first kappa shape index (κ1) is 9.50. The van der Waals surface area contributed by atoms with Crippen molar-refractivity contribution in [2.75, 3.05) is 0 Å². The Kier molecular flexibility index (Phi) is 2.44. The van der Waals surface area contributed by atoms with Gasteiger partial charge in [-0.05, 0) is 36.5 Å². The van der Waals surface area contributed by atoms with Gasteiger partial charge in [0.2, 0.25) is 0 Å². The van der Waals surface area contributed by atoms with Crippen LogP contribution in [0.2, 0.25) is 0 Å². The van der Waals surface area contributed by atoms with Gasteiger partial charge in [0.05, 0.1) is 0 Å². The fourth-order valence-electron chi connectivity index (χ4n) is 2.97. The summed E-state index contributed by atoms with van der Waals surface area (Å²) in [6.45, 7) is 1.08. The average molecular weight is 192 g/mol. The molecule has 3 aliphatic rings. The molecule has 1 fully saturated rings. The van der Waals surface area contributed by atoms with Crippen LogP contribution in [0.3, 0.4) is 0 Å². The molecule has 3 aliphatic carbocycles. The van der Waals surface area contributed by atoms with Gasteiger partial charge in [0, 0.05) is 6.92 Å². The molecule has 4 atom stereocenters. The maximum atomic E-state index is 9.00. The first-order valence-electron chi connectivity index (χ1n) is 5.23. The van der Waals surface area contributed by atoms with E-state index in [2.05, 4.69) is 24.3 Å². The second-order valence-electron chi connectivity index (χ2n) is 4.37. The molecule has 2 nitrogen and oxygen atoms in total. The van der Waals surface area contributed by atoms with Crippen molar-refractivity contribution in [1.82, 2.24) is 0 Å². The van der Waals surface area contributed by atoms with E-state index in [0.717, 1.165) is 30.6 Å². The number of hydrogen-bond acceptors (Lipinski definition) is 1. The zero-order valence-corrected chi connectivity index (χ0v) is 8.39. The lowest BCUT2D eigenvalue weighted by Gasteiger charge is -2.18. The van der Waals surface area contributed by atoms with Crippen molar-refractivity contribution in [3.05, 3.63) is 24.3 Å². The van der Waals surface area contributed by atoms with Crippen LogP contribution in [-0.4, -0.2) is 11.1 Å². The number of carbonyl (C=O) groups is 1. The molecule has 0 aliphatic heterocycles. The Morgan fingerprint density at radius 3 is 2.57 bits per heavy atom. The van der Waals surface area contributed by atoms with Gasteiger partial charge in [0.15, 0.2) is 0 Å². The molecular weight excluding hydrogens is 176 g/mol. The van der Waals surface area contributed by atoms with Crippen LogP contribution < -0.4 is 0 Å². The molecule has 3 rings (SSSR count). The Labute approximate surface area is 84.3 Å². The van der Waals surface area contributed by atoms with Gasteiger partial charge in [-0.2, -0.15) is 0 Å². The van der Waals surface area contributed by atoms with Gasteiger partial charge >= 0.3 is 0 Å².